The van der Waals surface area contributed by atoms with Gasteiger partial charge in [0.05, 0.1) is 10.8 Å². The summed E-state index contributed by atoms with van der Waals surface area (Å²) in [7, 11) is 0. The number of hydrogen-bond acceptors (Lipinski definition) is 4. The highest BCUT2D eigenvalue weighted by molar-refractivity contribution is 5.77. The second kappa shape index (κ2) is 10.2. The van der Waals surface area contributed by atoms with E-state index in [-0.39, 0.29) is 11.5 Å². The van der Waals surface area contributed by atoms with Gasteiger partial charge in [0.15, 0.2) is 11.5 Å². The van der Waals surface area contributed by atoms with Crippen molar-refractivity contribution in [2.75, 3.05) is 0 Å². The van der Waals surface area contributed by atoms with Gasteiger partial charge in [0.1, 0.15) is 0 Å². The summed E-state index contributed by atoms with van der Waals surface area (Å²) in [6.07, 6.45) is 9.92. The van der Waals surface area contributed by atoms with Crippen LogP contribution >= 0.6 is 0 Å². The molecule has 0 heterocycles. The number of carboxylic acid groups (broad SMARTS) is 2. The van der Waals surface area contributed by atoms with Gasteiger partial charge in [-0.05, 0) is 88.5 Å². The Balaban J connectivity index is 1.79. The number of aryl methyl sites for hydroxylation is 2. The van der Waals surface area contributed by atoms with E-state index in [1.165, 1.54) is 0 Å². The van der Waals surface area contributed by atoms with Crippen molar-refractivity contribution in [2.24, 2.45) is 10.8 Å². The Hall–Kier alpha value is -2.24. The van der Waals surface area contributed by atoms with Crippen LogP contribution in [0.3, 0.4) is 0 Å². The monoisotopic (exact) mass is 420 g/mol. The number of rotatable bonds is 14. The molecule has 0 radical (unpaired) electrons. The molecule has 0 bridgehead atoms. The molecule has 1 aliphatic carbocycles. The number of carbonyl (C=O) groups is 2. The fourth-order valence-electron chi connectivity index (χ4n) is 3.97. The molecule has 0 saturated heterocycles. The van der Waals surface area contributed by atoms with Crippen LogP contribution in [0, 0.1) is 10.8 Å². The van der Waals surface area contributed by atoms with E-state index < -0.39 is 22.8 Å². The van der Waals surface area contributed by atoms with Crippen LogP contribution in [-0.2, 0) is 22.4 Å². The lowest BCUT2D eigenvalue weighted by Crippen LogP contribution is -2.23. The molecule has 0 amide bonds. The van der Waals surface area contributed by atoms with Crippen molar-refractivity contribution in [1.29, 1.82) is 0 Å². The summed E-state index contributed by atoms with van der Waals surface area (Å²) in [5, 5.41) is 38.2. The molecule has 6 heteroatoms. The minimum atomic E-state index is -0.774. The van der Waals surface area contributed by atoms with Crippen LogP contribution in [0.4, 0.5) is 0 Å². The van der Waals surface area contributed by atoms with Crippen LogP contribution in [-0.4, -0.2) is 32.4 Å². The number of carboxylic acids is 2. The van der Waals surface area contributed by atoms with Gasteiger partial charge in [0.2, 0.25) is 0 Å². The maximum Gasteiger partial charge on any atom is 0.309 e. The molecule has 1 aliphatic rings. The van der Waals surface area contributed by atoms with Gasteiger partial charge in [-0.15, -0.1) is 0 Å². The number of unbranched alkanes of at least 4 members (excludes halogenated alkanes) is 4. The van der Waals surface area contributed by atoms with Gasteiger partial charge < -0.3 is 20.4 Å². The van der Waals surface area contributed by atoms with Crippen molar-refractivity contribution in [3.8, 4) is 11.5 Å². The zero-order valence-corrected chi connectivity index (χ0v) is 18.2. The third-order valence-corrected chi connectivity index (χ3v) is 6.53. The summed E-state index contributed by atoms with van der Waals surface area (Å²) in [6.45, 7) is 3.49. The Morgan fingerprint density at radius 3 is 1.80 bits per heavy atom. The van der Waals surface area contributed by atoms with Crippen molar-refractivity contribution in [3.63, 3.8) is 0 Å². The highest BCUT2D eigenvalue weighted by Crippen LogP contribution is 2.50. The predicted octanol–water partition coefficient (Wildman–Crippen LogP) is 5.28. The van der Waals surface area contributed by atoms with Gasteiger partial charge in [-0.1, -0.05) is 25.7 Å². The summed E-state index contributed by atoms with van der Waals surface area (Å²) >= 11 is 0. The lowest BCUT2D eigenvalue weighted by Gasteiger charge is -2.18. The third-order valence-electron chi connectivity index (χ3n) is 6.53. The Labute approximate surface area is 178 Å². The van der Waals surface area contributed by atoms with E-state index in [1.807, 2.05) is 0 Å². The van der Waals surface area contributed by atoms with Crippen molar-refractivity contribution in [2.45, 2.75) is 90.9 Å². The van der Waals surface area contributed by atoms with E-state index in [0.717, 1.165) is 81.8 Å². The van der Waals surface area contributed by atoms with Crippen molar-refractivity contribution in [3.05, 3.63) is 23.3 Å². The van der Waals surface area contributed by atoms with Gasteiger partial charge in [-0.3, -0.25) is 9.59 Å². The second-order valence-electron chi connectivity index (χ2n) is 9.51. The Bertz CT molecular complexity index is 697. The fraction of sp³-hybridized carbons (Fsp3) is 0.667. The Morgan fingerprint density at radius 1 is 0.867 bits per heavy atom. The minimum absolute atomic E-state index is 0.111. The molecule has 0 spiro atoms. The van der Waals surface area contributed by atoms with Crippen molar-refractivity contribution < 1.29 is 30.0 Å². The lowest BCUT2D eigenvalue weighted by molar-refractivity contribution is -0.147. The van der Waals surface area contributed by atoms with Crippen molar-refractivity contribution in [1.82, 2.24) is 0 Å². The molecule has 6 nitrogen and oxygen atoms in total. The van der Waals surface area contributed by atoms with Crippen LogP contribution in [0.25, 0.3) is 0 Å². The summed E-state index contributed by atoms with van der Waals surface area (Å²) in [6, 6.07) is 3.27. The summed E-state index contributed by atoms with van der Waals surface area (Å²) in [5.41, 5.74) is 0.876. The zero-order valence-electron chi connectivity index (χ0n) is 18.2. The number of aromatic hydroxyl groups is 2. The highest BCUT2D eigenvalue weighted by atomic mass is 16.4. The first-order valence-electron chi connectivity index (χ1n) is 11.1. The van der Waals surface area contributed by atoms with E-state index in [0.29, 0.717) is 6.42 Å². The van der Waals surface area contributed by atoms with E-state index in [4.69, 9.17) is 0 Å². The second-order valence-corrected chi connectivity index (χ2v) is 9.51. The fourth-order valence-corrected chi connectivity index (χ4v) is 3.97. The maximum atomic E-state index is 11.2. The van der Waals surface area contributed by atoms with Crippen LogP contribution in [0.15, 0.2) is 12.1 Å². The number of benzene rings is 1. The number of aliphatic carboxylic acids is 2. The van der Waals surface area contributed by atoms with Gasteiger partial charge in [-0.2, -0.15) is 0 Å². The molecule has 168 valence electrons. The molecule has 0 unspecified atom stereocenters. The molecule has 1 fully saturated rings. The quantitative estimate of drug-likeness (QED) is 0.240. The molecule has 0 aromatic heterocycles. The molecule has 1 aromatic carbocycles. The summed E-state index contributed by atoms with van der Waals surface area (Å²) < 4.78 is 0. The lowest BCUT2D eigenvalue weighted by atomic mass is 9.86. The summed E-state index contributed by atoms with van der Waals surface area (Å²) in [5.74, 6) is -1.66. The third kappa shape index (κ3) is 6.64. The first-order valence-corrected chi connectivity index (χ1v) is 11.1. The molecule has 4 N–H and O–H groups in total. The van der Waals surface area contributed by atoms with Crippen LogP contribution in [0.1, 0.15) is 89.2 Å². The van der Waals surface area contributed by atoms with E-state index in [2.05, 4.69) is 0 Å². The first kappa shape index (κ1) is 24.0. The van der Waals surface area contributed by atoms with Crippen LogP contribution < -0.4 is 0 Å². The molecular weight excluding hydrogens is 384 g/mol. The van der Waals surface area contributed by atoms with Crippen LogP contribution in [0.2, 0.25) is 0 Å². The Morgan fingerprint density at radius 2 is 1.37 bits per heavy atom. The van der Waals surface area contributed by atoms with Gasteiger partial charge in [0, 0.05) is 0 Å². The smallest absolute Gasteiger partial charge is 0.309 e. The predicted molar refractivity (Wildman–Crippen MR) is 115 cm³/mol. The Kier molecular flexibility index (Phi) is 8.16. The standard InChI is InChI=1S/C24H36O6/c1-23(2,21(27)28)11-7-3-5-9-17-15-19(25)20(26)16-18(17)10-6-4-8-12-24(13-14-24)22(29)30/h15-16,25-26H,3-14H2,1-2H3,(H,27,28)(H,29,30). The maximum absolute atomic E-state index is 11.2. The largest absolute Gasteiger partial charge is 0.504 e. The minimum Gasteiger partial charge on any atom is -0.504 e. The number of phenolic OH excluding ortho intramolecular Hbond substituents is 2. The SMILES string of the molecule is CC(C)(CCCCCc1cc(O)c(O)cc1CCCCCC1(C(=O)O)CC1)C(=O)O. The molecule has 0 aliphatic heterocycles. The van der Waals surface area contributed by atoms with E-state index in [9.17, 15) is 30.0 Å². The molecular formula is C24H36O6. The number of hydrogen-bond donors (Lipinski definition) is 4. The zero-order chi connectivity index (χ0) is 22.4. The molecule has 0 atom stereocenters. The average Bonchev–Trinajstić information content (AvgIpc) is 3.45. The first-order chi connectivity index (χ1) is 14.1. The topological polar surface area (TPSA) is 115 Å². The van der Waals surface area contributed by atoms with E-state index >= 15 is 0 Å². The average molecular weight is 421 g/mol. The van der Waals surface area contributed by atoms with Gasteiger partial charge in [-0.25, -0.2) is 0 Å². The molecule has 1 aromatic rings. The van der Waals surface area contributed by atoms with Crippen molar-refractivity contribution >= 4 is 11.9 Å². The molecule has 30 heavy (non-hydrogen) atoms. The summed E-state index contributed by atoms with van der Waals surface area (Å²) in [4.78, 5) is 22.4. The number of phenols is 2. The highest BCUT2D eigenvalue weighted by Gasteiger charge is 2.49. The molecule has 1 saturated carbocycles. The molecule has 2 rings (SSSR count). The van der Waals surface area contributed by atoms with Crippen LogP contribution in [0.5, 0.6) is 11.5 Å². The normalized spacial score (nSPS) is 15.1. The van der Waals surface area contributed by atoms with E-state index in [1.54, 1.807) is 26.0 Å². The van der Waals surface area contributed by atoms with Gasteiger partial charge in [0.25, 0.3) is 0 Å². The van der Waals surface area contributed by atoms with Gasteiger partial charge >= 0.3 is 11.9 Å².